The molecule has 3 rings (SSSR count). The lowest BCUT2D eigenvalue weighted by Crippen LogP contribution is -2.28. The van der Waals surface area contributed by atoms with E-state index < -0.39 is 17.5 Å². The fraction of sp³-hybridized carbons (Fsp3) is 0.188. The second kappa shape index (κ2) is 4.41. The molecule has 0 amide bonds. The van der Waals surface area contributed by atoms with Crippen molar-refractivity contribution in [3.05, 3.63) is 46.2 Å². The molecule has 0 atom stereocenters. The molecule has 0 unspecified atom stereocenters. The molecule has 106 valence electrons. The molecule has 5 nitrogen and oxygen atoms in total. The van der Waals surface area contributed by atoms with Crippen molar-refractivity contribution in [2.24, 2.45) is 0 Å². The summed E-state index contributed by atoms with van der Waals surface area (Å²) in [5, 5.41) is 0. The lowest BCUT2D eigenvalue weighted by atomic mass is 9.81. The fourth-order valence-corrected chi connectivity index (χ4v) is 2.62. The lowest BCUT2D eigenvalue weighted by Gasteiger charge is -2.26. The van der Waals surface area contributed by atoms with E-state index in [2.05, 4.69) is 0 Å². The van der Waals surface area contributed by atoms with Gasteiger partial charge in [-0.3, -0.25) is 9.59 Å². The van der Waals surface area contributed by atoms with Crippen molar-refractivity contribution in [1.82, 2.24) is 0 Å². The third kappa shape index (κ3) is 1.67. The van der Waals surface area contributed by atoms with Crippen molar-refractivity contribution in [2.45, 2.75) is 13.8 Å². The van der Waals surface area contributed by atoms with Gasteiger partial charge in [0.2, 0.25) is 11.6 Å². The minimum absolute atomic E-state index is 0.0670. The van der Waals surface area contributed by atoms with Crippen molar-refractivity contribution < 1.29 is 23.9 Å². The molecule has 0 N–H and O–H groups in total. The Morgan fingerprint density at radius 1 is 1.10 bits per heavy atom. The van der Waals surface area contributed by atoms with Gasteiger partial charge in [0.25, 0.3) is 0 Å². The van der Waals surface area contributed by atoms with Gasteiger partial charge in [0.05, 0.1) is 24.5 Å². The van der Waals surface area contributed by atoms with Crippen LogP contribution in [-0.4, -0.2) is 24.6 Å². The number of ketones is 2. The molecule has 0 fully saturated rings. The topological polar surface area (TPSA) is 69.7 Å². The standard InChI is InChI=1S/C16H12O5/c1-7-6-21-15-8(2)13(17)14(18)11-10(16(19)20-3)5-4-9(7)12(11)15/h4-6H,1-3H3. The van der Waals surface area contributed by atoms with Gasteiger partial charge in [-0.2, -0.15) is 0 Å². The lowest BCUT2D eigenvalue weighted by molar-refractivity contribution is -0.111. The number of carbonyl (C=O) groups excluding carboxylic acids is 3. The largest absolute Gasteiger partial charge is 0.465 e. The second-order valence-corrected chi connectivity index (χ2v) is 4.93. The van der Waals surface area contributed by atoms with Gasteiger partial charge in [-0.1, -0.05) is 6.07 Å². The molecule has 0 saturated carbocycles. The number of hydrogen-bond acceptors (Lipinski definition) is 5. The van der Waals surface area contributed by atoms with E-state index >= 15 is 0 Å². The van der Waals surface area contributed by atoms with Gasteiger partial charge >= 0.3 is 5.97 Å². The Bertz CT molecular complexity index is 780. The average molecular weight is 284 g/mol. The summed E-state index contributed by atoms with van der Waals surface area (Å²) in [5.41, 5.74) is 2.50. The van der Waals surface area contributed by atoms with Gasteiger partial charge in [0.15, 0.2) is 0 Å². The quantitative estimate of drug-likeness (QED) is 0.585. The van der Waals surface area contributed by atoms with E-state index in [4.69, 9.17) is 9.47 Å². The molecule has 1 aromatic rings. The summed E-state index contributed by atoms with van der Waals surface area (Å²) in [6, 6.07) is 3.24. The van der Waals surface area contributed by atoms with E-state index in [0.29, 0.717) is 11.3 Å². The number of ether oxygens (including phenoxy) is 2. The minimum atomic E-state index is -0.702. The van der Waals surface area contributed by atoms with Crippen LogP contribution in [0.5, 0.6) is 0 Å². The Hall–Kier alpha value is -2.69. The smallest absolute Gasteiger partial charge is 0.338 e. The number of esters is 1. The molecule has 0 spiro atoms. The van der Waals surface area contributed by atoms with Crippen LogP contribution in [0.15, 0.2) is 24.0 Å². The van der Waals surface area contributed by atoms with Crippen LogP contribution in [0.25, 0.3) is 11.3 Å². The summed E-state index contributed by atoms with van der Waals surface area (Å²) >= 11 is 0. The number of benzene rings is 1. The van der Waals surface area contributed by atoms with Crippen molar-refractivity contribution in [1.29, 1.82) is 0 Å². The number of hydrogen-bond donors (Lipinski definition) is 0. The molecule has 1 heterocycles. The van der Waals surface area contributed by atoms with E-state index in [0.717, 1.165) is 11.1 Å². The first-order valence-corrected chi connectivity index (χ1v) is 6.36. The molecule has 1 aromatic carbocycles. The molecular weight excluding hydrogens is 272 g/mol. The van der Waals surface area contributed by atoms with E-state index in [1.165, 1.54) is 19.4 Å². The summed E-state index contributed by atoms with van der Waals surface area (Å²) in [4.78, 5) is 36.3. The van der Waals surface area contributed by atoms with E-state index in [1.54, 1.807) is 13.0 Å². The predicted octanol–water partition coefficient (Wildman–Crippen LogP) is 2.36. The summed E-state index contributed by atoms with van der Waals surface area (Å²) < 4.78 is 10.2. The molecule has 5 heteroatoms. The Morgan fingerprint density at radius 3 is 2.48 bits per heavy atom. The minimum Gasteiger partial charge on any atom is -0.465 e. The van der Waals surface area contributed by atoms with Gasteiger partial charge in [-0.25, -0.2) is 4.79 Å². The Labute approximate surface area is 120 Å². The number of methoxy groups -OCH3 is 1. The summed E-state index contributed by atoms with van der Waals surface area (Å²) in [5.74, 6) is -1.68. The zero-order valence-electron chi connectivity index (χ0n) is 11.8. The number of Topliss-reactive ketones (excluding diaryl/α,β-unsaturated/α-hetero) is 2. The monoisotopic (exact) mass is 284 g/mol. The average Bonchev–Trinajstić information content (AvgIpc) is 2.50. The highest BCUT2D eigenvalue weighted by molar-refractivity contribution is 6.53. The SMILES string of the molecule is COC(=O)c1ccc2c3c1C(=O)C(=O)C(C)=C3OC=C2C. The molecule has 2 aliphatic rings. The molecule has 0 radical (unpaired) electrons. The highest BCUT2D eigenvalue weighted by atomic mass is 16.5. The maximum Gasteiger partial charge on any atom is 0.338 e. The number of rotatable bonds is 1. The van der Waals surface area contributed by atoms with Crippen molar-refractivity contribution in [3.63, 3.8) is 0 Å². The van der Waals surface area contributed by atoms with Crippen LogP contribution in [0.1, 0.15) is 45.7 Å². The molecule has 1 aliphatic carbocycles. The van der Waals surface area contributed by atoms with E-state index in [-0.39, 0.29) is 16.7 Å². The molecule has 0 bridgehead atoms. The van der Waals surface area contributed by atoms with Crippen molar-refractivity contribution in [3.8, 4) is 0 Å². The van der Waals surface area contributed by atoms with Gasteiger partial charge < -0.3 is 9.47 Å². The van der Waals surface area contributed by atoms with Crippen LogP contribution in [0.2, 0.25) is 0 Å². The molecule has 0 aromatic heterocycles. The van der Waals surface area contributed by atoms with Gasteiger partial charge in [0, 0.05) is 11.1 Å². The van der Waals surface area contributed by atoms with Crippen LogP contribution in [0.4, 0.5) is 0 Å². The van der Waals surface area contributed by atoms with Crippen molar-refractivity contribution >= 4 is 28.9 Å². The predicted molar refractivity (Wildman–Crippen MR) is 74.4 cm³/mol. The third-order valence-corrected chi connectivity index (χ3v) is 3.73. The van der Waals surface area contributed by atoms with E-state index in [1.807, 2.05) is 6.92 Å². The molecule has 21 heavy (non-hydrogen) atoms. The molecule has 0 saturated heterocycles. The van der Waals surface area contributed by atoms with Crippen LogP contribution < -0.4 is 0 Å². The first kappa shape index (κ1) is 13.3. The Morgan fingerprint density at radius 2 is 1.81 bits per heavy atom. The van der Waals surface area contributed by atoms with Crippen molar-refractivity contribution in [2.75, 3.05) is 7.11 Å². The van der Waals surface area contributed by atoms with Gasteiger partial charge in [0.1, 0.15) is 5.76 Å². The maximum absolute atomic E-state index is 12.3. The number of allylic oxidation sites excluding steroid dienone is 2. The summed E-state index contributed by atoms with van der Waals surface area (Å²) in [7, 11) is 1.23. The third-order valence-electron chi connectivity index (χ3n) is 3.73. The van der Waals surface area contributed by atoms with Crippen LogP contribution in [0.3, 0.4) is 0 Å². The van der Waals surface area contributed by atoms with Crippen LogP contribution in [0, 0.1) is 0 Å². The Balaban J connectivity index is 2.44. The molecule has 1 aliphatic heterocycles. The van der Waals surface area contributed by atoms with Gasteiger partial charge in [-0.05, 0) is 31.1 Å². The van der Waals surface area contributed by atoms with E-state index in [9.17, 15) is 14.4 Å². The van der Waals surface area contributed by atoms with Gasteiger partial charge in [-0.15, -0.1) is 0 Å². The normalized spacial score (nSPS) is 16.2. The highest BCUT2D eigenvalue weighted by Crippen LogP contribution is 2.40. The zero-order valence-corrected chi connectivity index (χ0v) is 11.8. The second-order valence-electron chi connectivity index (χ2n) is 4.93. The Kier molecular flexibility index (Phi) is 2.79. The number of carbonyl (C=O) groups is 3. The zero-order chi connectivity index (χ0) is 15.3. The van der Waals surface area contributed by atoms with Crippen LogP contribution >= 0.6 is 0 Å². The highest BCUT2D eigenvalue weighted by Gasteiger charge is 2.38. The first-order valence-electron chi connectivity index (χ1n) is 6.36. The molecular formula is C16H12O5. The maximum atomic E-state index is 12.3. The first-order chi connectivity index (χ1) is 9.97. The van der Waals surface area contributed by atoms with Crippen LogP contribution in [-0.2, 0) is 14.3 Å². The fourth-order valence-electron chi connectivity index (χ4n) is 2.62. The summed E-state index contributed by atoms with van der Waals surface area (Å²) in [6.45, 7) is 3.38. The summed E-state index contributed by atoms with van der Waals surface area (Å²) in [6.07, 6.45) is 1.53.